The summed E-state index contributed by atoms with van der Waals surface area (Å²) in [6.07, 6.45) is 1.59. The molecule has 4 rings (SSSR count). The Morgan fingerprint density at radius 1 is 1.00 bits per heavy atom. The van der Waals surface area contributed by atoms with E-state index >= 15 is 0 Å². The second-order valence-electron chi connectivity index (χ2n) is 6.19. The van der Waals surface area contributed by atoms with E-state index in [1.165, 1.54) is 13.2 Å². The first-order valence-corrected chi connectivity index (χ1v) is 8.69. The molecule has 28 heavy (non-hydrogen) atoms. The summed E-state index contributed by atoms with van der Waals surface area (Å²) in [5.74, 6) is 1.01. The molecule has 1 heterocycles. The maximum absolute atomic E-state index is 12.6. The molecule has 2 N–H and O–H groups in total. The fourth-order valence-electron chi connectivity index (χ4n) is 3.20. The van der Waals surface area contributed by atoms with Crippen LogP contribution in [-0.4, -0.2) is 30.2 Å². The number of fused-ring (bicyclic) bond motifs is 2. The zero-order valence-corrected chi connectivity index (χ0v) is 15.4. The number of hydrogen-bond donors (Lipinski definition) is 2. The number of carbonyl (C=O) groups is 1. The van der Waals surface area contributed by atoms with E-state index in [9.17, 15) is 9.90 Å². The lowest BCUT2D eigenvalue weighted by Gasteiger charge is -2.15. The molecule has 0 spiro atoms. The lowest BCUT2D eigenvalue weighted by atomic mass is 10.0. The van der Waals surface area contributed by atoms with Crippen LogP contribution < -0.4 is 14.8 Å². The van der Waals surface area contributed by atoms with Gasteiger partial charge < -0.3 is 19.9 Å². The third-order valence-electron chi connectivity index (χ3n) is 4.57. The summed E-state index contributed by atoms with van der Waals surface area (Å²) in [4.78, 5) is 16.9. The highest BCUT2D eigenvalue weighted by molar-refractivity contribution is 6.09. The minimum atomic E-state index is -0.236. The van der Waals surface area contributed by atoms with E-state index in [4.69, 9.17) is 9.47 Å². The molecule has 3 aromatic carbocycles. The summed E-state index contributed by atoms with van der Waals surface area (Å²) in [6, 6.07) is 16.2. The second kappa shape index (κ2) is 7.08. The Bertz CT molecular complexity index is 1200. The molecule has 0 aliphatic heterocycles. The van der Waals surface area contributed by atoms with E-state index in [0.29, 0.717) is 33.7 Å². The summed E-state index contributed by atoms with van der Waals surface area (Å²) in [5.41, 5.74) is 1.01. The van der Waals surface area contributed by atoms with Gasteiger partial charge in [-0.1, -0.05) is 30.3 Å². The minimum Gasteiger partial charge on any atom is -0.504 e. The molecule has 0 fully saturated rings. The van der Waals surface area contributed by atoms with Crippen LogP contribution in [0.25, 0.3) is 21.7 Å². The summed E-state index contributed by atoms with van der Waals surface area (Å²) in [5, 5.41) is 15.1. The number of rotatable bonds is 4. The number of amides is 1. The molecule has 0 unspecified atom stereocenters. The van der Waals surface area contributed by atoms with Gasteiger partial charge >= 0.3 is 0 Å². The molecule has 0 saturated heterocycles. The van der Waals surface area contributed by atoms with Crippen molar-refractivity contribution in [2.75, 3.05) is 14.2 Å². The van der Waals surface area contributed by atoms with Gasteiger partial charge in [-0.3, -0.25) is 9.78 Å². The van der Waals surface area contributed by atoms with Crippen molar-refractivity contribution < 1.29 is 19.4 Å². The standard InChI is InChI=1S/C22H18N2O4/c1-23-22(26)21-14-6-4-3-5-13(14)7-8-19(21)28-18-9-10-24-16-12-17(25)20(27-2)11-15(16)18/h3-12,25H,1-2H3,(H,23,26). The van der Waals surface area contributed by atoms with Gasteiger partial charge in [-0.2, -0.15) is 0 Å². The Labute approximate surface area is 161 Å². The van der Waals surface area contributed by atoms with Gasteiger partial charge in [0.1, 0.15) is 11.5 Å². The average Bonchev–Trinajstić information content (AvgIpc) is 2.72. The zero-order chi connectivity index (χ0) is 19.7. The third-order valence-corrected chi connectivity index (χ3v) is 4.57. The van der Waals surface area contributed by atoms with Crippen molar-refractivity contribution in [3.63, 3.8) is 0 Å². The molecule has 0 aliphatic carbocycles. The molecule has 6 nitrogen and oxygen atoms in total. The van der Waals surface area contributed by atoms with Gasteiger partial charge in [-0.15, -0.1) is 0 Å². The van der Waals surface area contributed by atoms with E-state index in [2.05, 4.69) is 10.3 Å². The van der Waals surface area contributed by atoms with Crippen molar-refractivity contribution in [2.45, 2.75) is 0 Å². The highest BCUT2D eigenvalue weighted by atomic mass is 16.5. The van der Waals surface area contributed by atoms with Crippen LogP contribution >= 0.6 is 0 Å². The van der Waals surface area contributed by atoms with Crippen molar-refractivity contribution in [1.29, 1.82) is 0 Å². The van der Waals surface area contributed by atoms with Crippen molar-refractivity contribution in [1.82, 2.24) is 10.3 Å². The number of ether oxygens (including phenoxy) is 2. The Kier molecular flexibility index (Phi) is 4.45. The molecule has 0 bridgehead atoms. The van der Waals surface area contributed by atoms with Crippen LogP contribution in [0, 0.1) is 0 Å². The van der Waals surface area contributed by atoms with Gasteiger partial charge in [0.15, 0.2) is 11.5 Å². The molecule has 6 heteroatoms. The van der Waals surface area contributed by atoms with E-state index in [-0.39, 0.29) is 11.7 Å². The van der Waals surface area contributed by atoms with Crippen LogP contribution in [0.15, 0.2) is 60.8 Å². The van der Waals surface area contributed by atoms with E-state index in [1.807, 2.05) is 30.3 Å². The number of hydrogen-bond acceptors (Lipinski definition) is 5. The molecule has 1 amide bonds. The number of aromatic nitrogens is 1. The molecule has 4 aromatic rings. The molecule has 140 valence electrons. The fourth-order valence-corrected chi connectivity index (χ4v) is 3.20. The lowest BCUT2D eigenvalue weighted by Crippen LogP contribution is -2.19. The Morgan fingerprint density at radius 3 is 2.61 bits per heavy atom. The lowest BCUT2D eigenvalue weighted by molar-refractivity contribution is 0.0962. The summed E-state index contributed by atoms with van der Waals surface area (Å²) < 4.78 is 11.4. The number of phenols is 1. The van der Waals surface area contributed by atoms with Crippen LogP contribution in [0.1, 0.15) is 10.4 Å². The van der Waals surface area contributed by atoms with Crippen molar-refractivity contribution in [3.8, 4) is 23.0 Å². The summed E-state index contributed by atoms with van der Waals surface area (Å²) in [7, 11) is 3.06. The van der Waals surface area contributed by atoms with Gasteiger partial charge in [-0.25, -0.2) is 0 Å². The summed E-state index contributed by atoms with van der Waals surface area (Å²) in [6.45, 7) is 0. The van der Waals surface area contributed by atoms with Crippen molar-refractivity contribution in [3.05, 3.63) is 66.4 Å². The number of aromatic hydroxyl groups is 1. The van der Waals surface area contributed by atoms with Crippen LogP contribution in [-0.2, 0) is 0 Å². The maximum atomic E-state index is 12.6. The number of carbonyl (C=O) groups excluding carboxylic acids is 1. The average molecular weight is 374 g/mol. The van der Waals surface area contributed by atoms with E-state index in [0.717, 1.165) is 10.8 Å². The number of pyridine rings is 1. The van der Waals surface area contributed by atoms with Gasteiger partial charge in [0.05, 0.1) is 18.2 Å². The van der Waals surface area contributed by atoms with Gasteiger partial charge in [0.2, 0.25) is 0 Å². The van der Waals surface area contributed by atoms with Crippen LogP contribution in [0.2, 0.25) is 0 Å². The zero-order valence-electron chi connectivity index (χ0n) is 15.4. The predicted octanol–water partition coefficient (Wildman–Crippen LogP) is 4.25. The fraction of sp³-hybridized carbons (Fsp3) is 0.0909. The third kappa shape index (κ3) is 2.95. The first-order chi connectivity index (χ1) is 13.6. The number of nitrogens with zero attached hydrogens (tertiary/aromatic N) is 1. The largest absolute Gasteiger partial charge is 0.504 e. The van der Waals surface area contributed by atoms with Crippen molar-refractivity contribution >= 4 is 27.6 Å². The van der Waals surface area contributed by atoms with Gasteiger partial charge in [0.25, 0.3) is 5.91 Å². The van der Waals surface area contributed by atoms with E-state index in [1.54, 1.807) is 31.4 Å². The number of methoxy groups -OCH3 is 1. The van der Waals surface area contributed by atoms with Crippen LogP contribution in [0.5, 0.6) is 23.0 Å². The highest BCUT2D eigenvalue weighted by Gasteiger charge is 2.18. The Hall–Kier alpha value is -3.80. The van der Waals surface area contributed by atoms with Gasteiger partial charge in [0, 0.05) is 24.7 Å². The molecular weight excluding hydrogens is 356 g/mol. The van der Waals surface area contributed by atoms with Gasteiger partial charge in [-0.05, 0) is 29.0 Å². The molecule has 0 saturated carbocycles. The van der Waals surface area contributed by atoms with Crippen LogP contribution in [0.3, 0.4) is 0 Å². The minimum absolute atomic E-state index is 0.00333. The molecule has 0 radical (unpaired) electrons. The van der Waals surface area contributed by atoms with Crippen LogP contribution in [0.4, 0.5) is 0 Å². The predicted molar refractivity (Wildman–Crippen MR) is 107 cm³/mol. The molecular formula is C22H18N2O4. The van der Waals surface area contributed by atoms with E-state index < -0.39 is 0 Å². The Balaban J connectivity index is 1.90. The molecule has 0 atom stereocenters. The number of nitrogens with one attached hydrogen (secondary N) is 1. The summed E-state index contributed by atoms with van der Waals surface area (Å²) >= 11 is 0. The Morgan fingerprint density at radius 2 is 1.82 bits per heavy atom. The molecule has 0 aliphatic rings. The number of phenolic OH excluding ortho intramolecular Hbond substituents is 1. The normalized spacial score (nSPS) is 10.8. The van der Waals surface area contributed by atoms with Crippen molar-refractivity contribution in [2.24, 2.45) is 0 Å². The first kappa shape index (κ1) is 17.6. The SMILES string of the molecule is CNC(=O)c1c(Oc2ccnc3cc(O)c(OC)cc23)ccc2ccccc12. The maximum Gasteiger partial charge on any atom is 0.255 e. The second-order valence-corrected chi connectivity index (χ2v) is 6.19. The monoisotopic (exact) mass is 374 g/mol. The topological polar surface area (TPSA) is 80.7 Å². The first-order valence-electron chi connectivity index (χ1n) is 8.69. The number of benzene rings is 3. The quantitative estimate of drug-likeness (QED) is 0.558. The smallest absolute Gasteiger partial charge is 0.255 e. The highest BCUT2D eigenvalue weighted by Crippen LogP contribution is 2.38. The molecule has 1 aromatic heterocycles.